The van der Waals surface area contributed by atoms with Gasteiger partial charge in [-0.25, -0.2) is 0 Å². The molecule has 1 aliphatic carbocycles. The minimum absolute atomic E-state index is 0.464. The van der Waals surface area contributed by atoms with Crippen LogP contribution in [0.15, 0.2) is 0 Å². The topological polar surface area (TPSA) is 44.9 Å². The maximum atomic E-state index is 8.97. The second kappa shape index (κ2) is 5.73. The molecule has 0 amide bonds. The maximum Gasteiger partial charge on any atom is 0.0871 e. The highest BCUT2D eigenvalue weighted by Crippen LogP contribution is 2.27. The van der Waals surface area contributed by atoms with Gasteiger partial charge in [-0.15, -0.1) is 0 Å². The molecule has 2 rings (SSSR count). The number of aromatic nitrogens is 2. The first kappa shape index (κ1) is 13.4. The van der Waals surface area contributed by atoms with Gasteiger partial charge in [0.15, 0.2) is 0 Å². The molecular formula is C13H19ClN4. The fraction of sp³-hybridized carbons (Fsp3) is 0.692. The Morgan fingerprint density at radius 2 is 2.17 bits per heavy atom. The fourth-order valence-electron chi connectivity index (χ4n) is 2.72. The third-order valence-electron chi connectivity index (χ3n) is 3.73. The van der Waals surface area contributed by atoms with Crippen molar-refractivity contribution < 1.29 is 0 Å². The number of hydrogen-bond acceptors (Lipinski definition) is 3. The van der Waals surface area contributed by atoms with Crippen molar-refractivity contribution in [3.63, 3.8) is 0 Å². The first-order valence-electron chi connectivity index (χ1n) is 6.42. The fourth-order valence-corrected chi connectivity index (χ4v) is 2.94. The molecule has 4 nitrogen and oxygen atoms in total. The third-order valence-corrected chi connectivity index (χ3v) is 4.22. The molecule has 0 N–H and O–H groups in total. The van der Waals surface area contributed by atoms with Crippen molar-refractivity contribution >= 4 is 11.6 Å². The molecule has 0 aromatic carbocycles. The second-order valence-corrected chi connectivity index (χ2v) is 5.35. The Morgan fingerprint density at radius 1 is 1.50 bits per heavy atom. The van der Waals surface area contributed by atoms with E-state index in [0.29, 0.717) is 19.1 Å². The van der Waals surface area contributed by atoms with Crippen LogP contribution in [0.1, 0.15) is 37.1 Å². The van der Waals surface area contributed by atoms with Crippen molar-refractivity contribution in [1.82, 2.24) is 14.7 Å². The van der Waals surface area contributed by atoms with Crippen LogP contribution in [0.3, 0.4) is 0 Å². The number of nitrogens with zero attached hydrogens (tertiary/aromatic N) is 4. The summed E-state index contributed by atoms with van der Waals surface area (Å²) in [7, 11) is 1.91. The predicted octanol–water partition coefficient (Wildman–Crippen LogP) is 2.65. The first-order chi connectivity index (χ1) is 8.63. The van der Waals surface area contributed by atoms with Gasteiger partial charge in [-0.3, -0.25) is 9.58 Å². The maximum absolute atomic E-state index is 8.97. The zero-order valence-electron chi connectivity index (χ0n) is 11.0. The summed E-state index contributed by atoms with van der Waals surface area (Å²) in [5.41, 5.74) is 1.87. The molecule has 0 aliphatic heterocycles. The van der Waals surface area contributed by atoms with E-state index in [9.17, 15) is 0 Å². The van der Waals surface area contributed by atoms with E-state index in [1.807, 2.05) is 18.7 Å². The quantitative estimate of drug-likeness (QED) is 0.787. The molecular weight excluding hydrogens is 248 g/mol. The highest BCUT2D eigenvalue weighted by Gasteiger charge is 2.24. The minimum atomic E-state index is 0.464. The monoisotopic (exact) mass is 266 g/mol. The molecule has 1 aliphatic rings. The van der Waals surface area contributed by atoms with Crippen molar-refractivity contribution in [3.8, 4) is 6.07 Å². The largest absolute Gasteiger partial charge is 0.282 e. The Hall–Kier alpha value is -1.05. The normalized spacial score (nSPS) is 16.4. The van der Waals surface area contributed by atoms with Crippen LogP contribution in [-0.2, 0) is 13.6 Å². The molecule has 1 aromatic rings. The van der Waals surface area contributed by atoms with E-state index in [0.717, 1.165) is 16.4 Å². The molecule has 0 bridgehead atoms. The van der Waals surface area contributed by atoms with E-state index in [-0.39, 0.29) is 0 Å². The van der Waals surface area contributed by atoms with Crippen molar-refractivity contribution in [2.75, 3.05) is 6.54 Å². The number of rotatable bonds is 4. The van der Waals surface area contributed by atoms with Crippen LogP contribution in [0.5, 0.6) is 0 Å². The van der Waals surface area contributed by atoms with Gasteiger partial charge in [0.2, 0.25) is 0 Å². The van der Waals surface area contributed by atoms with Crippen LogP contribution in [0.25, 0.3) is 0 Å². The zero-order chi connectivity index (χ0) is 13.1. The van der Waals surface area contributed by atoms with Crippen LogP contribution in [0, 0.1) is 18.3 Å². The van der Waals surface area contributed by atoms with Gasteiger partial charge in [-0.1, -0.05) is 24.4 Å². The molecule has 0 radical (unpaired) electrons. The summed E-state index contributed by atoms with van der Waals surface area (Å²) >= 11 is 6.27. The van der Waals surface area contributed by atoms with Gasteiger partial charge in [0, 0.05) is 19.6 Å². The summed E-state index contributed by atoms with van der Waals surface area (Å²) in [5.74, 6) is 0. The van der Waals surface area contributed by atoms with Crippen LogP contribution < -0.4 is 0 Å². The van der Waals surface area contributed by atoms with Gasteiger partial charge in [0.05, 0.1) is 29.0 Å². The van der Waals surface area contributed by atoms with E-state index in [1.54, 1.807) is 0 Å². The molecule has 0 atom stereocenters. The van der Waals surface area contributed by atoms with E-state index in [2.05, 4.69) is 16.1 Å². The van der Waals surface area contributed by atoms with E-state index < -0.39 is 0 Å². The average molecular weight is 267 g/mol. The van der Waals surface area contributed by atoms with Gasteiger partial charge in [0.25, 0.3) is 0 Å². The van der Waals surface area contributed by atoms with Crippen LogP contribution >= 0.6 is 11.6 Å². The number of aryl methyl sites for hydroxylation is 2. The lowest BCUT2D eigenvalue weighted by atomic mass is 10.2. The summed E-state index contributed by atoms with van der Waals surface area (Å²) in [4.78, 5) is 2.23. The predicted molar refractivity (Wildman–Crippen MR) is 71.2 cm³/mol. The Morgan fingerprint density at radius 3 is 2.67 bits per heavy atom. The number of nitriles is 1. The summed E-state index contributed by atoms with van der Waals surface area (Å²) in [5, 5.41) is 14.0. The summed E-state index contributed by atoms with van der Waals surface area (Å²) < 4.78 is 1.83. The molecule has 18 heavy (non-hydrogen) atoms. The molecule has 0 spiro atoms. The van der Waals surface area contributed by atoms with E-state index in [1.165, 1.54) is 25.7 Å². The molecule has 1 aromatic heterocycles. The van der Waals surface area contributed by atoms with Gasteiger partial charge >= 0.3 is 0 Å². The van der Waals surface area contributed by atoms with Crippen LogP contribution in [0.2, 0.25) is 5.02 Å². The summed E-state index contributed by atoms with van der Waals surface area (Å²) in [6.45, 7) is 3.09. The van der Waals surface area contributed by atoms with Crippen LogP contribution in [0.4, 0.5) is 0 Å². The number of hydrogen-bond donors (Lipinski definition) is 0. The van der Waals surface area contributed by atoms with Crippen molar-refractivity contribution in [2.24, 2.45) is 7.05 Å². The Kier molecular flexibility index (Phi) is 4.26. The number of halogens is 1. The summed E-state index contributed by atoms with van der Waals surface area (Å²) in [6.07, 6.45) is 4.92. The van der Waals surface area contributed by atoms with Crippen molar-refractivity contribution in [2.45, 2.75) is 45.2 Å². The average Bonchev–Trinajstić information content (AvgIpc) is 2.93. The lowest BCUT2D eigenvalue weighted by Crippen LogP contribution is -2.33. The van der Waals surface area contributed by atoms with Gasteiger partial charge in [-0.05, 0) is 19.8 Å². The Labute approximate surface area is 113 Å². The van der Waals surface area contributed by atoms with Gasteiger partial charge < -0.3 is 0 Å². The third kappa shape index (κ3) is 2.68. The lowest BCUT2D eigenvalue weighted by molar-refractivity contribution is 0.209. The molecule has 0 unspecified atom stereocenters. The zero-order valence-corrected chi connectivity index (χ0v) is 11.7. The second-order valence-electron chi connectivity index (χ2n) is 4.97. The molecule has 1 fully saturated rings. The highest BCUT2D eigenvalue weighted by atomic mass is 35.5. The standard InChI is InChI=1S/C13H19ClN4/c1-10-13(14)12(17(2)16-10)9-18(8-7-15)11-5-3-4-6-11/h11H,3-6,8-9H2,1-2H3. The molecule has 5 heteroatoms. The van der Waals surface area contributed by atoms with E-state index in [4.69, 9.17) is 16.9 Å². The smallest absolute Gasteiger partial charge is 0.0871 e. The first-order valence-corrected chi connectivity index (χ1v) is 6.80. The van der Waals surface area contributed by atoms with Crippen LogP contribution in [-0.4, -0.2) is 27.3 Å². The summed E-state index contributed by atoms with van der Waals surface area (Å²) in [6, 6.07) is 2.79. The Balaban J connectivity index is 2.15. The lowest BCUT2D eigenvalue weighted by Gasteiger charge is -2.26. The minimum Gasteiger partial charge on any atom is -0.282 e. The molecule has 1 saturated carbocycles. The molecule has 1 heterocycles. The van der Waals surface area contributed by atoms with Crippen molar-refractivity contribution in [3.05, 3.63) is 16.4 Å². The highest BCUT2D eigenvalue weighted by molar-refractivity contribution is 6.31. The molecule has 0 saturated heterocycles. The SMILES string of the molecule is Cc1nn(C)c(CN(CC#N)C2CCCC2)c1Cl. The van der Waals surface area contributed by atoms with Crippen molar-refractivity contribution in [1.29, 1.82) is 5.26 Å². The molecule has 98 valence electrons. The van der Waals surface area contributed by atoms with Gasteiger partial charge in [0.1, 0.15) is 0 Å². The van der Waals surface area contributed by atoms with Gasteiger partial charge in [-0.2, -0.15) is 10.4 Å². The Bertz CT molecular complexity index is 454. The van der Waals surface area contributed by atoms with E-state index >= 15 is 0 Å².